The van der Waals surface area contributed by atoms with Crippen LogP contribution in [0, 0.1) is 0 Å². The van der Waals surface area contributed by atoms with Gasteiger partial charge in [-0.3, -0.25) is 4.79 Å². The third-order valence-electron chi connectivity index (χ3n) is 3.59. The van der Waals surface area contributed by atoms with Crippen molar-refractivity contribution in [1.82, 2.24) is 5.32 Å². The molecule has 1 aliphatic heterocycles. The second-order valence-electron chi connectivity index (χ2n) is 5.21. The first kappa shape index (κ1) is 14.0. The van der Waals surface area contributed by atoms with E-state index >= 15 is 0 Å². The van der Waals surface area contributed by atoms with Crippen LogP contribution in [0.5, 0.6) is 0 Å². The van der Waals surface area contributed by atoms with Crippen LogP contribution < -0.4 is 10.2 Å². The summed E-state index contributed by atoms with van der Waals surface area (Å²) < 4.78 is 0. The Bertz CT molecular complexity index is 430. The Morgan fingerprint density at radius 2 is 2.00 bits per heavy atom. The first-order valence-electron chi connectivity index (χ1n) is 6.89. The highest BCUT2D eigenvalue weighted by molar-refractivity contribution is 5.95. The van der Waals surface area contributed by atoms with Gasteiger partial charge in [0.25, 0.3) is 0 Å². The summed E-state index contributed by atoms with van der Waals surface area (Å²) in [7, 11) is 0. The van der Waals surface area contributed by atoms with E-state index in [1.807, 2.05) is 36.1 Å². The largest absolute Gasteiger partial charge is 0.395 e. The smallest absolute Gasteiger partial charge is 0.227 e. The molecule has 1 aliphatic rings. The molecule has 1 saturated heterocycles. The van der Waals surface area contributed by atoms with E-state index in [2.05, 4.69) is 12.2 Å². The molecule has 0 aliphatic carbocycles. The molecular weight excluding hydrogens is 240 g/mol. The third kappa shape index (κ3) is 3.33. The molecule has 1 amide bonds. The Morgan fingerprint density at radius 1 is 1.32 bits per heavy atom. The number of benzene rings is 1. The quantitative estimate of drug-likeness (QED) is 0.851. The average molecular weight is 262 g/mol. The minimum Gasteiger partial charge on any atom is -0.395 e. The van der Waals surface area contributed by atoms with Crippen LogP contribution in [0.3, 0.4) is 0 Å². The van der Waals surface area contributed by atoms with Gasteiger partial charge in [-0.1, -0.05) is 12.1 Å². The maximum absolute atomic E-state index is 11.7. The van der Waals surface area contributed by atoms with Gasteiger partial charge in [-0.25, -0.2) is 0 Å². The molecule has 2 atom stereocenters. The van der Waals surface area contributed by atoms with Gasteiger partial charge in [-0.2, -0.15) is 0 Å². The maximum Gasteiger partial charge on any atom is 0.227 e. The molecule has 0 saturated carbocycles. The fraction of sp³-hybridized carbons (Fsp3) is 0.533. The summed E-state index contributed by atoms with van der Waals surface area (Å²) in [6.45, 7) is 4.98. The van der Waals surface area contributed by atoms with Crippen molar-refractivity contribution < 1.29 is 9.90 Å². The zero-order valence-corrected chi connectivity index (χ0v) is 11.6. The van der Waals surface area contributed by atoms with E-state index in [1.54, 1.807) is 0 Å². The van der Waals surface area contributed by atoms with E-state index in [0.717, 1.165) is 24.2 Å². The summed E-state index contributed by atoms with van der Waals surface area (Å²) in [5, 5.41) is 12.4. The number of amides is 1. The molecule has 104 valence electrons. The van der Waals surface area contributed by atoms with Crippen molar-refractivity contribution in [2.45, 2.75) is 38.8 Å². The number of aliphatic hydroxyl groups excluding tert-OH is 1. The molecule has 1 unspecified atom stereocenters. The number of anilines is 1. The van der Waals surface area contributed by atoms with Gasteiger partial charge in [0, 0.05) is 30.7 Å². The summed E-state index contributed by atoms with van der Waals surface area (Å²) in [6.07, 6.45) is 1.61. The van der Waals surface area contributed by atoms with E-state index in [-0.39, 0.29) is 24.6 Å². The van der Waals surface area contributed by atoms with Crippen molar-refractivity contribution in [2.24, 2.45) is 0 Å². The lowest BCUT2D eigenvalue weighted by Crippen LogP contribution is -2.31. The normalized spacial score (nSPS) is 18.7. The molecule has 2 rings (SSSR count). The van der Waals surface area contributed by atoms with E-state index < -0.39 is 0 Å². The summed E-state index contributed by atoms with van der Waals surface area (Å²) in [5.41, 5.74) is 2.14. The molecule has 0 aromatic heterocycles. The van der Waals surface area contributed by atoms with Gasteiger partial charge in [0.1, 0.15) is 0 Å². The SMILES string of the molecule is CC(N[C@H](C)CO)c1ccc(N2CCCC2=O)cc1. The fourth-order valence-corrected chi connectivity index (χ4v) is 2.44. The Hall–Kier alpha value is -1.39. The van der Waals surface area contributed by atoms with Crippen LogP contribution in [0.2, 0.25) is 0 Å². The topological polar surface area (TPSA) is 52.6 Å². The second-order valence-corrected chi connectivity index (χ2v) is 5.21. The second kappa shape index (κ2) is 6.17. The standard InChI is InChI=1S/C15H22N2O2/c1-11(10-18)16-12(2)13-5-7-14(8-6-13)17-9-3-4-15(17)19/h5-8,11-12,16,18H,3-4,9-10H2,1-2H3/t11-,12?/m1/s1. The number of carbonyl (C=O) groups excluding carboxylic acids is 1. The predicted octanol–water partition coefficient (Wildman–Crippen LogP) is 1.84. The van der Waals surface area contributed by atoms with Crippen molar-refractivity contribution in [3.8, 4) is 0 Å². The average Bonchev–Trinajstić information content (AvgIpc) is 2.85. The molecule has 1 aromatic rings. The lowest BCUT2D eigenvalue weighted by molar-refractivity contribution is -0.117. The monoisotopic (exact) mass is 262 g/mol. The predicted molar refractivity (Wildman–Crippen MR) is 76.1 cm³/mol. The van der Waals surface area contributed by atoms with Crippen molar-refractivity contribution in [1.29, 1.82) is 0 Å². The summed E-state index contributed by atoms with van der Waals surface area (Å²) in [5.74, 6) is 0.216. The number of hydrogen-bond donors (Lipinski definition) is 2. The van der Waals surface area contributed by atoms with Gasteiger partial charge in [-0.05, 0) is 38.0 Å². The summed E-state index contributed by atoms with van der Waals surface area (Å²) in [6, 6.07) is 8.35. The van der Waals surface area contributed by atoms with Gasteiger partial charge in [-0.15, -0.1) is 0 Å². The molecule has 4 nitrogen and oxygen atoms in total. The number of aliphatic hydroxyl groups is 1. The van der Waals surface area contributed by atoms with Gasteiger partial charge in [0.15, 0.2) is 0 Å². The molecule has 2 N–H and O–H groups in total. The highest BCUT2D eigenvalue weighted by Gasteiger charge is 2.21. The molecule has 1 heterocycles. The number of nitrogens with zero attached hydrogens (tertiary/aromatic N) is 1. The zero-order chi connectivity index (χ0) is 13.8. The number of nitrogens with one attached hydrogen (secondary N) is 1. The number of carbonyl (C=O) groups is 1. The molecule has 4 heteroatoms. The molecular formula is C15H22N2O2. The number of rotatable bonds is 5. The van der Waals surface area contributed by atoms with E-state index in [1.165, 1.54) is 0 Å². The Labute approximate surface area is 114 Å². The molecule has 0 bridgehead atoms. The first-order valence-corrected chi connectivity index (χ1v) is 6.89. The number of hydrogen-bond acceptors (Lipinski definition) is 3. The van der Waals surface area contributed by atoms with E-state index in [4.69, 9.17) is 5.11 Å². The van der Waals surface area contributed by atoms with Crippen LogP contribution in [-0.2, 0) is 4.79 Å². The maximum atomic E-state index is 11.7. The Balaban J connectivity index is 2.03. The van der Waals surface area contributed by atoms with Crippen LogP contribution in [0.15, 0.2) is 24.3 Å². The minimum absolute atomic E-state index is 0.0786. The van der Waals surface area contributed by atoms with Gasteiger partial charge >= 0.3 is 0 Å². The molecule has 19 heavy (non-hydrogen) atoms. The lowest BCUT2D eigenvalue weighted by atomic mass is 10.1. The fourth-order valence-electron chi connectivity index (χ4n) is 2.44. The van der Waals surface area contributed by atoms with Crippen molar-refractivity contribution >= 4 is 11.6 Å². The van der Waals surface area contributed by atoms with Crippen LogP contribution in [0.25, 0.3) is 0 Å². The third-order valence-corrected chi connectivity index (χ3v) is 3.59. The molecule has 1 fully saturated rings. The molecule has 0 spiro atoms. The first-order chi connectivity index (χ1) is 9.11. The van der Waals surface area contributed by atoms with Crippen molar-refractivity contribution in [3.05, 3.63) is 29.8 Å². The van der Waals surface area contributed by atoms with Crippen LogP contribution in [0.1, 0.15) is 38.3 Å². The van der Waals surface area contributed by atoms with Crippen LogP contribution in [-0.4, -0.2) is 30.2 Å². The molecule has 1 aromatic carbocycles. The van der Waals surface area contributed by atoms with Crippen molar-refractivity contribution in [3.63, 3.8) is 0 Å². The Kier molecular flexibility index (Phi) is 4.56. The summed E-state index contributed by atoms with van der Waals surface area (Å²) in [4.78, 5) is 13.5. The Morgan fingerprint density at radius 3 is 2.53 bits per heavy atom. The van der Waals surface area contributed by atoms with Gasteiger partial charge in [0.2, 0.25) is 5.91 Å². The van der Waals surface area contributed by atoms with Crippen LogP contribution in [0.4, 0.5) is 5.69 Å². The lowest BCUT2D eigenvalue weighted by Gasteiger charge is -2.20. The highest BCUT2D eigenvalue weighted by atomic mass is 16.3. The van der Waals surface area contributed by atoms with Crippen molar-refractivity contribution in [2.75, 3.05) is 18.1 Å². The zero-order valence-electron chi connectivity index (χ0n) is 11.6. The van der Waals surface area contributed by atoms with E-state index in [9.17, 15) is 4.79 Å². The van der Waals surface area contributed by atoms with Gasteiger partial charge < -0.3 is 15.3 Å². The molecule has 0 radical (unpaired) electrons. The van der Waals surface area contributed by atoms with Crippen LogP contribution >= 0.6 is 0 Å². The highest BCUT2D eigenvalue weighted by Crippen LogP contribution is 2.23. The summed E-state index contributed by atoms with van der Waals surface area (Å²) >= 11 is 0. The van der Waals surface area contributed by atoms with Gasteiger partial charge in [0.05, 0.1) is 6.61 Å². The van der Waals surface area contributed by atoms with E-state index in [0.29, 0.717) is 6.42 Å². The minimum atomic E-state index is 0.0786.